The molecule has 1 aromatic heterocycles. The molecule has 0 fully saturated rings. The van der Waals surface area contributed by atoms with E-state index >= 15 is 0 Å². The molecular weight excluding hydrogens is 707 g/mol. The van der Waals surface area contributed by atoms with Crippen LogP contribution in [0.4, 0.5) is 17.1 Å². The van der Waals surface area contributed by atoms with Crippen molar-refractivity contribution < 1.29 is 0 Å². The Morgan fingerprint density at radius 1 is 0.368 bits per heavy atom. The lowest BCUT2D eigenvalue weighted by Crippen LogP contribution is -2.15. The third-order valence-electron chi connectivity index (χ3n) is 12.1. The highest BCUT2D eigenvalue weighted by molar-refractivity contribution is 7.25. The second-order valence-electron chi connectivity index (χ2n) is 15.6. The van der Waals surface area contributed by atoms with E-state index in [0.29, 0.717) is 0 Å². The van der Waals surface area contributed by atoms with Crippen LogP contribution < -0.4 is 4.90 Å². The van der Waals surface area contributed by atoms with Crippen LogP contribution in [0.5, 0.6) is 0 Å². The maximum atomic E-state index is 2.53. The largest absolute Gasteiger partial charge is 0.309 e. The smallest absolute Gasteiger partial charge is 0.0540 e. The molecular formula is C55H39NS. The number of fused-ring (bicyclic) bond motifs is 7. The van der Waals surface area contributed by atoms with E-state index in [2.05, 4.69) is 219 Å². The van der Waals surface area contributed by atoms with Crippen molar-refractivity contribution in [2.45, 2.75) is 19.3 Å². The Kier molecular flexibility index (Phi) is 7.77. The minimum Gasteiger partial charge on any atom is -0.309 e. The Bertz CT molecular complexity index is 3180. The second-order valence-corrected chi connectivity index (χ2v) is 16.7. The van der Waals surface area contributed by atoms with Crippen molar-refractivity contribution in [3.63, 3.8) is 0 Å². The number of para-hydroxylation sites is 3. The molecule has 2 heteroatoms. The third-order valence-corrected chi connectivity index (χ3v) is 13.3. The van der Waals surface area contributed by atoms with Crippen molar-refractivity contribution in [3.8, 4) is 44.5 Å². The SMILES string of the molecule is CC1(C)c2ccccc2-c2c(-c3ccccc3N(c3ccccc3-c3ccc4sc5ccccc5c4c3)c3ccccc3-c3cccc4ccccc34)cccc21. The number of hydrogen-bond donors (Lipinski definition) is 0. The Balaban J connectivity index is 1.20. The predicted octanol–water partition coefficient (Wildman–Crippen LogP) is 16.0. The second kappa shape index (κ2) is 13.2. The van der Waals surface area contributed by atoms with Crippen molar-refractivity contribution in [1.29, 1.82) is 0 Å². The van der Waals surface area contributed by atoms with Gasteiger partial charge >= 0.3 is 0 Å². The van der Waals surface area contributed by atoms with Crippen LogP contribution in [0.1, 0.15) is 25.0 Å². The molecule has 0 aliphatic heterocycles. The minimum absolute atomic E-state index is 0.103. The normalized spacial score (nSPS) is 12.9. The van der Waals surface area contributed by atoms with Crippen LogP contribution in [0.15, 0.2) is 200 Å². The highest BCUT2D eigenvalue weighted by atomic mass is 32.1. The van der Waals surface area contributed by atoms with Crippen LogP contribution >= 0.6 is 11.3 Å². The van der Waals surface area contributed by atoms with Crippen LogP contribution in [-0.4, -0.2) is 0 Å². The first kappa shape index (κ1) is 33.6. The van der Waals surface area contributed by atoms with Gasteiger partial charge in [-0.15, -0.1) is 11.3 Å². The number of nitrogens with zero attached hydrogens (tertiary/aromatic N) is 1. The molecule has 0 amide bonds. The average molecular weight is 746 g/mol. The van der Waals surface area contributed by atoms with Gasteiger partial charge in [-0.2, -0.15) is 0 Å². The third kappa shape index (κ3) is 5.29. The minimum atomic E-state index is -0.103. The Morgan fingerprint density at radius 3 is 1.67 bits per heavy atom. The molecule has 0 spiro atoms. The van der Waals surface area contributed by atoms with Crippen LogP contribution in [0, 0.1) is 0 Å². The molecule has 1 heterocycles. The van der Waals surface area contributed by atoms with Gasteiger partial charge in [-0.1, -0.05) is 178 Å². The van der Waals surface area contributed by atoms with Gasteiger partial charge in [0, 0.05) is 42.3 Å². The summed E-state index contributed by atoms with van der Waals surface area (Å²) in [5.74, 6) is 0. The molecule has 11 rings (SSSR count). The summed E-state index contributed by atoms with van der Waals surface area (Å²) in [4.78, 5) is 2.53. The van der Waals surface area contributed by atoms with Crippen molar-refractivity contribution in [3.05, 3.63) is 211 Å². The standard InChI is InChI=1S/C55H39NS/c1-55(2)47-27-10-5-24-45(47)54-44(26-16-28-48(54)55)42-22-8-13-31-51(42)56(50-30-12-7-21-41(50)40-25-15-18-36-17-3-4-19-38(36)40)49-29-11-6-20-39(49)37-33-34-53-46(35-37)43-23-9-14-32-52(43)57-53/h3-35H,1-2H3. The quantitative estimate of drug-likeness (QED) is 0.164. The Hall–Kier alpha value is -6.74. The Morgan fingerprint density at radius 2 is 0.877 bits per heavy atom. The van der Waals surface area contributed by atoms with Gasteiger partial charge in [0.25, 0.3) is 0 Å². The van der Waals surface area contributed by atoms with Crippen molar-refractivity contribution in [2.75, 3.05) is 4.90 Å². The molecule has 0 bridgehead atoms. The maximum absolute atomic E-state index is 2.53. The van der Waals surface area contributed by atoms with E-state index < -0.39 is 0 Å². The van der Waals surface area contributed by atoms with Gasteiger partial charge in [0.15, 0.2) is 0 Å². The molecule has 1 nitrogen and oxygen atoms in total. The number of benzene rings is 9. The van der Waals surface area contributed by atoms with Gasteiger partial charge in [0.1, 0.15) is 0 Å². The zero-order chi connectivity index (χ0) is 38.1. The number of thiophene rings is 1. The predicted molar refractivity (Wildman–Crippen MR) is 245 cm³/mol. The molecule has 1 aliphatic rings. The lowest BCUT2D eigenvalue weighted by Gasteiger charge is -2.32. The van der Waals surface area contributed by atoms with Gasteiger partial charge in [0.05, 0.1) is 17.1 Å². The molecule has 9 aromatic carbocycles. The number of rotatable bonds is 6. The van der Waals surface area contributed by atoms with Gasteiger partial charge in [-0.25, -0.2) is 0 Å². The van der Waals surface area contributed by atoms with Crippen LogP contribution in [0.2, 0.25) is 0 Å². The molecule has 0 saturated heterocycles. The van der Waals surface area contributed by atoms with E-state index in [1.807, 2.05) is 11.3 Å². The van der Waals surface area contributed by atoms with E-state index in [0.717, 1.165) is 17.1 Å². The summed E-state index contributed by atoms with van der Waals surface area (Å²) >= 11 is 1.86. The van der Waals surface area contributed by atoms with E-state index in [-0.39, 0.29) is 5.41 Å². The van der Waals surface area contributed by atoms with Crippen LogP contribution in [0.25, 0.3) is 75.5 Å². The first-order chi connectivity index (χ1) is 28.1. The Labute approximate surface area is 337 Å². The molecule has 0 atom stereocenters. The molecule has 0 unspecified atom stereocenters. The lowest BCUT2D eigenvalue weighted by molar-refractivity contribution is 0.660. The maximum Gasteiger partial charge on any atom is 0.0540 e. The average Bonchev–Trinajstić information content (AvgIpc) is 3.75. The van der Waals surface area contributed by atoms with E-state index in [1.165, 1.54) is 86.6 Å². The van der Waals surface area contributed by atoms with Crippen LogP contribution in [-0.2, 0) is 5.41 Å². The first-order valence-electron chi connectivity index (χ1n) is 19.8. The summed E-state index contributed by atoms with van der Waals surface area (Å²) in [6.07, 6.45) is 0. The number of hydrogen-bond acceptors (Lipinski definition) is 2. The fourth-order valence-electron chi connectivity index (χ4n) is 9.43. The fourth-order valence-corrected chi connectivity index (χ4v) is 10.5. The zero-order valence-corrected chi connectivity index (χ0v) is 32.7. The molecule has 0 N–H and O–H groups in total. The van der Waals surface area contributed by atoms with Crippen molar-refractivity contribution >= 4 is 59.3 Å². The van der Waals surface area contributed by atoms with Gasteiger partial charge in [-0.3, -0.25) is 0 Å². The summed E-state index contributed by atoms with van der Waals surface area (Å²) < 4.78 is 2.62. The number of anilines is 3. The van der Waals surface area contributed by atoms with Crippen LogP contribution in [0.3, 0.4) is 0 Å². The molecule has 57 heavy (non-hydrogen) atoms. The van der Waals surface area contributed by atoms with E-state index in [4.69, 9.17) is 0 Å². The molecule has 270 valence electrons. The summed E-state index contributed by atoms with van der Waals surface area (Å²) in [5, 5.41) is 5.08. The summed E-state index contributed by atoms with van der Waals surface area (Å²) in [7, 11) is 0. The highest BCUT2D eigenvalue weighted by Gasteiger charge is 2.37. The van der Waals surface area contributed by atoms with Crippen molar-refractivity contribution in [2.24, 2.45) is 0 Å². The lowest BCUT2D eigenvalue weighted by atomic mass is 9.82. The fraction of sp³-hybridized carbons (Fsp3) is 0.0545. The topological polar surface area (TPSA) is 3.24 Å². The summed E-state index contributed by atoms with van der Waals surface area (Å²) in [5.41, 5.74) is 15.9. The zero-order valence-electron chi connectivity index (χ0n) is 31.9. The molecule has 1 aliphatic carbocycles. The summed E-state index contributed by atoms with van der Waals surface area (Å²) in [6, 6.07) is 74.0. The monoisotopic (exact) mass is 745 g/mol. The van der Waals surface area contributed by atoms with Gasteiger partial charge in [-0.05, 0) is 86.1 Å². The van der Waals surface area contributed by atoms with Crippen molar-refractivity contribution in [1.82, 2.24) is 0 Å². The van der Waals surface area contributed by atoms with E-state index in [9.17, 15) is 0 Å². The highest BCUT2D eigenvalue weighted by Crippen LogP contribution is 2.55. The van der Waals surface area contributed by atoms with Gasteiger partial charge in [0.2, 0.25) is 0 Å². The molecule has 0 radical (unpaired) electrons. The molecule has 0 saturated carbocycles. The van der Waals surface area contributed by atoms with E-state index in [1.54, 1.807) is 0 Å². The summed E-state index contributed by atoms with van der Waals surface area (Å²) in [6.45, 7) is 4.73. The molecule has 10 aromatic rings. The first-order valence-corrected chi connectivity index (χ1v) is 20.6. The van der Waals surface area contributed by atoms with Gasteiger partial charge < -0.3 is 4.90 Å².